The fraction of sp³-hybridized carbons (Fsp3) is 0.526. The van der Waals surface area contributed by atoms with Gasteiger partial charge in [-0.2, -0.15) is 0 Å². The summed E-state index contributed by atoms with van der Waals surface area (Å²) in [5.41, 5.74) is 2.24. The Hall–Kier alpha value is -1.81. The molecule has 1 amide bonds. The van der Waals surface area contributed by atoms with Crippen LogP contribution in [0.5, 0.6) is 0 Å². The molecule has 0 bridgehead atoms. The molecule has 2 aromatic rings. The maximum absolute atomic E-state index is 12.8. The predicted octanol–water partition coefficient (Wildman–Crippen LogP) is 2.80. The van der Waals surface area contributed by atoms with Crippen LogP contribution in [-0.4, -0.2) is 52.9 Å². The number of aromatic nitrogens is 1. The topological polar surface area (TPSA) is 39.3 Å². The molecule has 2 fully saturated rings. The smallest absolute Gasteiger partial charge is 0.227 e. The molecule has 4 nitrogen and oxygen atoms in total. The lowest BCUT2D eigenvalue weighted by molar-refractivity contribution is -0.131. The first-order chi connectivity index (χ1) is 11.3. The van der Waals surface area contributed by atoms with Gasteiger partial charge >= 0.3 is 0 Å². The van der Waals surface area contributed by atoms with Gasteiger partial charge in [0, 0.05) is 36.2 Å². The summed E-state index contributed by atoms with van der Waals surface area (Å²) in [5, 5.41) is 1.18. The zero-order valence-electron chi connectivity index (χ0n) is 13.6. The van der Waals surface area contributed by atoms with Crippen molar-refractivity contribution in [3.8, 4) is 0 Å². The van der Waals surface area contributed by atoms with Crippen LogP contribution in [0, 0.1) is 0 Å². The van der Waals surface area contributed by atoms with Gasteiger partial charge in [0.05, 0.1) is 6.42 Å². The fourth-order valence-electron chi connectivity index (χ4n) is 4.16. The van der Waals surface area contributed by atoms with E-state index in [4.69, 9.17) is 0 Å². The highest BCUT2D eigenvalue weighted by molar-refractivity contribution is 5.89. The van der Waals surface area contributed by atoms with Crippen molar-refractivity contribution >= 4 is 16.8 Å². The van der Waals surface area contributed by atoms with Crippen molar-refractivity contribution in [1.82, 2.24) is 14.8 Å². The minimum absolute atomic E-state index is 0.288. The van der Waals surface area contributed by atoms with Gasteiger partial charge in [-0.05, 0) is 50.4 Å². The van der Waals surface area contributed by atoms with Gasteiger partial charge in [0.2, 0.25) is 5.91 Å². The van der Waals surface area contributed by atoms with Gasteiger partial charge in [-0.25, -0.2) is 0 Å². The number of rotatable bonds is 4. The van der Waals surface area contributed by atoms with E-state index in [1.165, 1.54) is 31.3 Å². The Balaban J connectivity index is 1.45. The van der Waals surface area contributed by atoms with E-state index in [2.05, 4.69) is 26.9 Å². The number of carbonyl (C=O) groups excluding carboxylic acids is 1. The number of H-pyrrole nitrogens is 1. The number of carbonyl (C=O) groups is 1. The monoisotopic (exact) mass is 311 g/mol. The molecule has 0 unspecified atom stereocenters. The number of nitrogens with zero attached hydrogens (tertiary/aromatic N) is 2. The molecule has 122 valence electrons. The minimum Gasteiger partial charge on any atom is -0.361 e. The standard InChI is InChI=1S/C19H25N3O/c23-19(12-15-13-20-18-8-2-1-7-17(15)18)22-11-5-6-16(22)14-21-9-3-4-10-21/h1-2,7-8,13,16,20H,3-6,9-12,14H2/t16-/m0/s1. The molecule has 2 saturated heterocycles. The molecule has 2 aliphatic heterocycles. The van der Waals surface area contributed by atoms with Crippen molar-refractivity contribution in [1.29, 1.82) is 0 Å². The second kappa shape index (κ2) is 6.36. The van der Waals surface area contributed by atoms with Crippen LogP contribution in [-0.2, 0) is 11.2 Å². The highest BCUT2D eigenvalue weighted by Gasteiger charge is 2.30. The fourth-order valence-corrected chi connectivity index (χ4v) is 4.16. The Morgan fingerprint density at radius 1 is 1.13 bits per heavy atom. The summed E-state index contributed by atoms with van der Waals surface area (Å²) in [6.07, 6.45) is 7.45. The van der Waals surface area contributed by atoms with Gasteiger partial charge < -0.3 is 14.8 Å². The number of hydrogen-bond donors (Lipinski definition) is 1. The summed E-state index contributed by atoms with van der Waals surface area (Å²) in [7, 11) is 0. The van der Waals surface area contributed by atoms with Crippen molar-refractivity contribution in [3.05, 3.63) is 36.0 Å². The molecule has 0 radical (unpaired) electrons. The van der Waals surface area contributed by atoms with Crippen molar-refractivity contribution in [2.75, 3.05) is 26.2 Å². The van der Waals surface area contributed by atoms with E-state index in [9.17, 15) is 4.79 Å². The second-order valence-corrected chi connectivity index (χ2v) is 6.93. The number of para-hydroxylation sites is 1. The van der Waals surface area contributed by atoms with E-state index in [1.54, 1.807) is 0 Å². The molecule has 23 heavy (non-hydrogen) atoms. The summed E-state index contributed by atoms with van der Waals surface area (Å²) in [6.45, 7) is 4.42. The summed E-state index contributed by atoms with van der Waals surface area (Å²) < 4.78 is 0. The van der Waals surface area contributed by atoms with E-state index < -0.39 is 0 Å². The predicted molar refractivity (Wildman–Crippen MR) is 92.4 cm³/mol. The maximum Gasteiger partial charge on any atom is 0.227 e. The van der Waals surface area contributed by atoms with Crippen LogP contribution in [0.25, 0.3) is 10.9 Å². The van der Waals surface area contributed by atoms with Crippen LogP contribution in [0.4, 0.5) is 0 Å². The third-order valence-corrected chi connectivity index (χ3v) is 5.38. The molecule has 1 atom stereocenters. The number of likely N-dealkylation sites (tertiary alicyclic amines) is 2. The van der Waals surface area contributed by atoms with Gasteiger partial charge in [0.15, 0.2) is 0 Å². The Morgan fingerprint density at radius 3 is 2.83 bits per heavy atom. The van der Waals surface area contributed by atoms with E-state index in [0.717, 1.165) is 37.0 Å². The number of benzene rings is 1. The highest BCUT2D eigenvalue weighted by Crippen LogP contribution is 2.23. The van der Waals surface area contributed by atoms with Crippen molar-refractivity contribution in [2.24, 2.45) is 0 Å². The Labute approximate surface area is 137 Å². The van der Waals surface area contributed by atoms with Crippen LogP contribution in [0.15, 0.2) is 30.5 Å². The minimum atomic E-state index is 0.288. The van der Waals surface area contributed by atoms with Gasteiger partial charge in [0.1, 0.15) is 0 Å². The third-order valence-electron chi connectivity index (χ3n) is 5.38. The molecule has 2 aliphatic rings. The lowest BCUT2D eigenvalue weighted by Crippen LogP contribution is -2.43. The lowest BCUT2D eigenvalue weighted by atomic mass is 10.1. The van der Waals surface area contributed by atoms with Crippen molar-refractivity contribution in [3.63, 3.8) is 0 Å². The molecule has 1 aromatic heterocycles. The molecule has 0 aliphatic carbocycles. The van der Waals surface area contributed by atoms with Crippen molar-refractivity contribution in [2.45, 2.75) is 38.1 Å². The Kier molecular flexibility index (Phi) is 4.08. The largest absolute Gasteiger partial charge is 0.361 e. The van der Waals surface area contributed by atoms with Gasteiger partial charge in [-0.3, -0.25) is 4.79 Å². The molecule has 0 saturated carbocycles. The number of hydrogen-bond acceptors (Lipinski definition) is 2. The van der Waals surface area contributed by atoms with Crippen LogP contribution < -0.4 is 0 Å². The zero-order valence-corrected chi connectivity index (χ0v) is 13.6. The van der Waals surface area contributed by atoms with Crippen molar-refractivity contribution < 1.29 is 4.79 Å². The first kappa shape index (κ1) is 14.8. The average molecular weight is 311 g/mol. The van der Waals surface area contributed by atoms with Crippen LogP contribution in [0.2, 0.25) is 0 Å². The quantitative estimate of drug-likeness (QED) is 0.943. The van der Waals surface area contributed by atoms with E-state index in [-0.39, 0.29) is 5.91 Å². The number of aromatic amines is 1. The summed E-state index contributed by atoms with van der Waals surface area (Å²) in [5.74, 6) is 0.288. The van der Waals surface area contributed by atoms with E-state index >= 15 is 0 Å². The lowest BCUT2D eigenvalue weighted by Gasteiger charge is -2.28. The van der Waals surface area contributed by atoms with Gasteiger partial charge in [-0.1, -0.05) is 18.2 Å². The van der Waals surface area contributed by atoms with E-state index in [0.29, 0.717) is 12.5 Å². The number of fused-ring (bicyclic) bond motifs is 1. The SMILES string of the molecule is O=C(Cc1c[nH]c2ccccc12)N1CCC[C@H]1CN1CCCC1. The van der Waals surface area contributed by atoms with Crippen LogP contribution in [0.1, 0.15) is 31.2 Å². The van der Waals surface area contributed by atoms with Gasteiger partial charge in [0.25, 0.3) is 0 Å². The summed E-state index contributed by atoms with van der Waals surface area (Å²) >= 11 is 0. The van der Waals surface area contributed by atoms with Crippen LogP contribution in [0.3, 0.4) is 0 Å². The highest BCUT2D eigenvalue weighted by atomic mass is 16.2. The average Bonchev–Trinajstić information content (AvgIpc) is 3.29. The Morgan fingerprint density at radius 2 is 1.96 bits per heavy atom. The molecule has 1 aromatic carbocycles. The molecule has 4 rings (SSSR count). The van der Waals surface area contributed by atoms with Crippen LogP contribution >= 0.6 is 0 Å². The maximum atomic E-state index is 12.8. The molecule has 0 spiro atoms. The molecule has 3 heterocycles. The zero-order chi connectivity index (χ0) is 15.6. The Bertz CT molecular complexity index is 687. The third kappa shape index (κ3) is 3.00. The van der Waals surface area contributed by atoms with Gasteiger partial charge in [-0.15, -0.1) is 0 Å². The second-order valence-electron chi connectivity index (χ2n) is 6.93. The summed E-state index contributed by atoms with van der Waals surface area (Å²) in [4.78, 5) is 20.8. The summed E-state index contributed by atoms with van der Waals surface area (Å²) in [6, 6.07) is 8.65. The number of nitrogens with one attached hydrogen (secondary N) is 1. The molecule has 4 heteroatoms. The first-order valence-electron chi connectivity index (χ1n) is 8.88. The molecular formula is C19H25N3O. The number of amides is 1. The molecule has 1 N–H and O–H groups in total. The van der Waals surface area contributed by atoms with E-state index in [1.807, 2.05) is 18.3 Å². The normalized spacial score (nSPS) is 22.3. The first-order valence-corrected chi connectivity index (χ1v) is 8.88. The molecular weight excluding hydrogens is 286 g/mol.